The van der Waals surface area contributed by atoms with Crippen LogP contribution in [0.4, 0.5) is 5.69 Å². The molecule has 4 heteroatoms. The Labute approximate surface area is 134 Å². The third-order valence-corrected chi connectivity index (χ3v) is 10.1. The van der Waals surface area contributed by atoms with E-state index in [1.54, 1.807) is 0 Å². The summed E-state index contributed by atoms with van der Waals surface area (Å²) in [6.07, 6.45) is 5.98. The number of benzene rings is 1. The number of para-hydroxylation sites is 1. The molecule has 0 aliphatic heterocycles. The third kappa shape index (κ3) is 4.50. The molecule has 0 radical (unpaired) electrons. The highest BCUT2D eigenvalue weighted by Crippen LogP contribution is 2.62. The SMILES string of the molecule is CC[P+](CC)(CC)C(=Nc1ccccc1)SC.[I-]. The molecule has 0 aromatic heterocycles. The maximum Gasteiger partial charge on any atom is 0.216 e. The van der Waals surface area contributed by atoms with E-state index < -0.39 is 7.26 Å². The minimum atomic E-state index is -1.00. The summed E-state index contributed by atoms with van der Waals surface area (Å²) >= 11 is 1.84. The van der Waals surface area contributed by atoms with Crippen molar-refractivity contribution in [1.29, 1.82) is 0 Å². The second-order valence-electron chi connectivity index (χ2n) is 4.03. The van der Waals surface area contributed by atoms with Gasteiger partial charge in [-0.15, -0.1) is 0 Å². The maximum absolute atomic E-state index is 4.89. The molecule has 0 N–H and O–H groups in total. The lowest BCUT2D eigenvalue weighted by Gasteiger charge is -2.23. The van der Waals surface area contributed by atoms with Crippen LogP contribution in [0.1, 0.15) is 20.8 Å². The zero-order valence-electron chi connectivity index (χ0n) is 11.7. The molecular weight excluding hydrogens is 372 g/mol. The molecule has 0 aliphatic rings. The first-order valence-corrected chi connectivity index (χ1v) is 9.83. The summed E-state index contributed by atoms with van der Waals surface area (Å²) < 4.78 is 0. The van der Waals surface area contributed by atoms with Gasteiger partial charge in [0.05, 0.1) is 31.4 Å². The van der Waals surface area contributed by atoms with E-state index in [4.69, 9.17) is 4.99 Å². The Bertz CT molecular complexity index is 355. The fourth-order valence-electron chi connectivity index (χ4n) is 2.03. The second kappa shape index (κ2) is 9.33. The predicted octanol–water partition coefficient (Wildman–Crippen LogP) is 2.12. The van der Waals surface area contributed by atoms with Crippen LogP contribution in [0.25, 0.3) is 0 Å². The first-order valence-electron chi connectivity index (χ1n) is 6.26. The van der Waals surface area contributed by atoms with Crippen molar-refractivity contribution < 1.29 is 24.0 Å². The molecule has 0 saturated carbocycles. The van der Waals surface area contributed by atoms with E-state index in [1.807, 2.05) is 17.8 Å². The minimum Gasteiger partial charge on any atom is -1.00 e. The van der Waals surface area contributed by atoms with Crippen LogP contribution >= 0.6 is 19.0 Å². The van der Waals surface area contributed by atoms with Crippen LogP contribution in [0.15, 0.2) is 35.3 Å². The average molecular weight is 395 g/mol. The molecule has 0 bridgehead atoms. The van der Waals surface area contributed by atoms with Gasteiger partial charge in [-0.2, -0.15) is 0 Å². The zero-order valence-corrected chi connectivity index (χ0v) is 15.6. The van der Waals surface area contributed by atoms with E-state index in [1.165, 1.54) is 23.3 Å². The number of rotatable bonds is 5. The van der Waals surface area contributed by atoms with Crippen LogP contribution in [0.2, 0.25) is 0 Å². The Kier molecular flexibility index (Phi) is 9.53. The van der Waals surface area contributed by atoms with Crippen molar-refractivity contribution in [2.45, 2.75) is 20.8 Å². The van der Waals surface area contributed by atoms with Crippen molar-refractivity contribution in [3.63, 3.8) is 0 Å². The van der Waals surface area contributed by atoms with E-state index in [-0.39, 0.29) is 24.0 Å². The zero-order chi connectivity index (χ0) is 12.7. The Hall–Kier alpha value is 0.400. The first kappa shape index (κ1) is 18.4. The molecule has 0 unspecified atom stereocenters. The van der Waals surface area contributed by atoms with Crippen molar-refractivity contribution >= 4 is 29.5 Å². The van der Waals surface area contributed by atoms with Crippen LogP contribution in [0.5, 0.6) is 0 Å². The highest BCUT2D eigenvalue weighted by molar-refractivity contribution is 8.29. The summed E-state index contributed by atoms with van der Waals surface area (Å²) in [5.74, 6) is 0. The number of aliphatic imine (C=N–C) groups is 1. The van der Waals surface area contributed by atoms with Gasteiger partial charge >= 0.3 is 0 Å². The predicted molar refractivity (Wildman–Crippen MR) is 85.6 cm³/mol. The molecular formula is C14H23INPS. The Morgan fingerprint density at radius 2 is 1.56 bits per heavy atom. The lowest BCUT2D eigenvalue weighted by atomic mass is 10.3. The van der Waals surface area contributed by atoms with Gasteiger partial charge in [-0.05, 0) is 39.2 Å². The molecule has 102 valence electrons. The minimum absolute atomic E-state index is 0. The van der Waals surface area contributed by atoms with Gasteiger partial charge in [-0.1, -0.05) is 30.0 Å². The van der Waals surface area contributed by atoms with E-state index in [9.17, 15) is 0 Å². The quantitative estimate of drug-likeness (QED) is 0.322. The highest BCUT2D eigenvalue weighted by Gasteiger charge is 2.38. The summed E-state index contributed by atoms with van der Waals surface area (Å²) in [5.41, 5.74) is 1.09. The van der Waals surface area contributed by atoms with Crippen LogP contribution in [0.3, 0.4) is 0 Å². The van der Waals surface area contributed by atoms with E-state index in [0.717, 1.165) is 5.69 Å². The van der Waals surface area contributed by atoms with Crippen molar-refractivity contribution in [3.8, 4) is 0 Å². The first-order chi connectivity index (χ1) is 8.22. The molecule has 1 aromatic rings. The van der Waals surface area contributed by atoms with Gasteiger partial charge in [0.2, 0.25) is 4.78 Å². The number of hydrogen-bond acceptors (Lipinski definition) is 2. The summed E-state index contributed by atoms with van der Waals surface area (Å²) in [6.45, 7) is 6.95. The van der Waals surface area contributed by atoms with Crippen molar-refractivity contribution in [1.82, 2.24) is 0 Å². The fourth-order valence-corrected chi connectivity index (χ4v) is 7.42. The van der Waals surface area contributed by atoms with Gasteiger partial charge in [0.1, 0.15) is 0 Å². The largest absolute Gasteiger partial charge is 1.00 e. The molecule has 1 rings (SSSR count). The summed E-state index contributed by atoms with van der Waals surface area (Å²) in [4.78, 5) is 6.28. The molecule has 0 atom stereocenters. The molecule has 1 nitrogen and oxygen atoms in total. The Morgan fingerprint density at radius 1 is 1.06 bits per heavy atom. The Morgan fingerprint density at radius 3 is 1.94 bits per heavy atom. The van der Waals surface area contributed by atoms with Crippen LogP contribution < -0.4 is 24.0 Å². The second-order valence-corrected chi connectivity index (χ2v) is 9.74. The molecule has 0 amide bonds. The van der Waals surface area contributed by atoms with E-state index >= 15 is 0 Å². The van der Waals surface area contributed by atoms with Gasteiger partial charge < -0.3 is 24.0 Å². The van der Waals surface area contributed by atoms with Gasteiger partial charge in [-0.25, -0.2) is 4.99 Å². The third-order valence-electron chi connectivity index (χ3n) is 3.39. The van der Waals surface area contributed by atoms with Crippen molar-refractivity contribution in [3.05, 3.63) is 30.3 Å². The lowest BCUT2D eigenvalue weighted by molar-refractivity contribution is -0.00000366. The standard InChI is InChI=1S/C14H23NPS.HI/c1-5-16(6-2,7-3)14(17-4)15-13-11-9-8-10-12-13;/h8-12H,5-7H2,1-4H3;1H/q+1;/p-1. The summed E-state index contributed by atoms with van der Waals surface area (Å²) in [7, 11) is -1.00. The van der Waals surface area contributed by atoms with Gasteiger partial charge in [-0.3, -0.25) is 0 Å². The molecule has 0 aliphatic carbocycles. The van der Waals surface area contributed by atoms with Gasteiger partial charge in [0, 0.05) is 0 Å². The van der Waals surface area contributed by atoms with Crippen LogP contribution in [0, 0.1) is 0 Å². The average Bonchev–Trinajstić information content (AvgIpc) is 2.41. The molecule has 0 spiro atoms. The molecule has 0 fully saturated rings. The molecule has 18 heavy (non-hydrogen) atoms. The fraction of sp³-hybridized carbons (Fsp3) is 0.500. The number of thioether (sulfide) groups is 1. The molecule has 0 saturated heterocycles. The maximum atomic E-state index is 4.89. The number of hydrogen-bond donors (Lipinski definition) is 0. The highest BCUT2D eigenvalue weighted by atomic mass is 127. The Balaban J connectivity index is 0.00000289. The number of halogens is 1. The molecule has 1 aromatic carbocycles. The van der Waals surface area contributed by atoms with E-state index in [2.05, 4.69) is 51.3 Å². The van der Waals surface area contributed by atoms with Gasteiger partial charge in [0.25, 0.3) is 0 Å². The summed E-state index contributed by atoms with van der Waals surface area (Å²) in [5, 5.41) is 0. The van der Waals surface area contributed by atoms with Crippen molar-refractivity contribution in [2.75, 3.05) is 24.7 Å². The van der Waals surface area contributed by atoms with Gasteiger partial charge in [0.15, 0.2) is 0 Å². The van der Waals surface area contributed by atoms with Crippen LogP contribution in [-0.2, 0) is 0 Å². The normalized spacial score (nSPS) is 12.1. The summed E-state index contributed by atoms with van der Waals surface area (Å²) in [6, 6.07) is 10.3. The topological polar surface area (TPSA) is 12.4 Å². The van der Waals surface area contributed by atoms with Crippen molar-refractivity contribution in [2.24, 2.45) is 4.99 Å². The molecule has 0 heterocycles. The lowest BCUT2D eigenvalue weighted by Crippen LogP contribution is -3.00. The smallest absolute Gasteiger partial charge is 0.216 e. The number of nitrogens with zero attached hydrogens (tertiary/aromatic N) is 1. The van der Waals surface area contributed by atoms with E-state index in [0.29, 0.717) is 0 Å². The monoisotopic (exact) mass is 395 g/mol. The van der Waals surface area contributed by atoms with Crippen LogP contribution in [-0.4, -0.2) is 29.5 Å².